The van der Waals surface area contributed by atoms with E-state index in [1.165, 1.54) is 19.1 Å². The average Bonchev–Trinajstić information content (AvgIpc) is 2.98. The minimum absolute atomic E-state index is 0.150. The molecule has 0 fully saturated rings. The summed E-state index contributed by atoms with van der Waals surface area (Å²) in [6.45, 7) is 10.7. The van der Waals surface area contributed by atoms with Crippen LogP contribution in [0.25, 0.3) is 21.9 Å². The molecule has 0 aliphatic heterocycles. The predicted octanol–water partition coefficient (Wildman–Crippen LogP) is 5.47. The lowest BCUT2D eigenvalue weighted by Gasteiger charge is -2.19. The summed E-state index contributed by atoms with van der Waals surface area (Å²) in [5.41, 5.74) is -1.83. The van der Waals surface area contributed by atoms with E-state index in [2.05, 4.69) is 0 Å². The van der Waals surface area contributed by atoms with Crippen molar-refractivity contribution in [2.24, 2.45) is 10.8 Å². The molecule has 0 radical (unpaired) electrons. The predicted molar refractivity (Wildman–Crippen MR) is 170 cm³/mol. The number of benzene rings is 2. The Morgan fingerprint density at radius 1 is 0.681 bits per heavy atom. The largest absolute Gasteiger partial charge is 0.489 e. The first-order chi connectivity index (χ1) is 22.0. The summed E-state index contributed by atoms with van der Waals surface area (Å²) in [4.78, 5) is 62.2. The Labute approximate surface area is 270 Å². The van der Waals surface area contributed by atoms with E-state index in [0.29, 0.717) is 0 Å². The summed E-state index contributed by atoms with van der Waals surface area (Å²) >= 11 is 0. The van der Waals surface area contributed by atoms with Crippen molar-refractivity contribution in [3.05, 3.63) is 80.5 Å². The molecule has 12 heteroatoms. The maximum Gasteiger partial charge on any atom is 0.311 e. The monoisotopic (exact) mass is 650 g/mol. The van der Waals surface area contributed by atoms with Crippen LogP contribution in [0, 0.1) is 10.8 Å². The van der Waals surface area contributed by atoms with Crippen molar-refractivity contribution in [2.45, 2.75) is 67.8 Å². The van der Waals surface area contributed by atoms with Gasteiger partial charge in [-0.05, 0) is 65.8 Å². The van der Waals surface area contributed by atoms with Crippen molar-refractivity contribution in [3.8, 4) is 11.5 Å². The quantitative estimate of drug-likeness (QED) is 0.149. The van der Waals surface area contributed by atoms with Crippen LogP contribution in [0.4, 0.5) is 0 Å². The van der Waals surface area contributed by atoms with Crippen molar-refractivity contribution in [1.29, 1.82) is 0 Å². The first kappa shape index (κ1) is 34.7. The van der Waals surface area contributed by atoms with Gasteiger partial charge in [-0.1, -0.05) is 12.1 Å². The molecule has 0 spiro atoms. The first-order valence-electron chi connectivity index (χ1n) is 14.9. The Bertz CT molecular complexity index is 1770. The van der Waals surface area contributed by atoms with E-state index >= 15 is 0 Å². The molecule has 0 amide bonds. The van der Waals surface area contributed by atoms with Gasteiger partial charge < -0.3 is 32.5 Å². The number of hydrogen-bond donors (Lipinski definition) is 0. The minimum atomic E-state index is -0.940. The molecule has 0 saturated heterocycles. The van der Waals surface area contributed by atoms with Gasteiger partial charge in [0, 0.05) is 19.1 Å². The Morgan fingerprint density at radius 3 is 1.45 bits per heavy atom. The SMILES string of the molecule is CC(=O)OC(COc1cccc2oc(COC(=O)C(C)(C)C)cc(=O)c12)COc1cccc2oc(COC(=O)C(C)(C)C)cc(=O)c12. The van der Waals surface area contributed by atoms with Crippen molar-refractivity contribution in [1.82, 2.24) is 0 Å². The molecular formula is C35H38O12. The van der Waals surface area contributed by atoms with Crippen LogP contribution in [0.15, 0.2) is 67.0 Å². The molecule has 0 aliphatic carbocycles. The van der Waals surface area contributed by atoms with Crippen LogP contribution >= 0.6 is 0 Å². The maximum atomic E-state index is 13.0. The number of fused-ring (bicyclic) bond motifs is 2. The molecule has 2 aromatic heterocycles. The van der Waals surface area contributed by atoms with Gasteiger partial charge in [0.15, 0.2) is 17.0 Å². The Hall–Kier alpha value is -5.13. The third-order valence-electron chi connectivity index (χ3n) is 6.63. The van der Waals surface area contributed by atoms with Crippen LogP contribution in [-0.4, -0.2) is 37.2 Å². The summed E-state index contributed by atoms with van der Waals surface area (Å²) < 4.78 is 39.3. The molecule has 250 valence electrons. The first-order valence-corrected chi connectivity index (χ1v) is 14.9. The van der Waals surface area contributed by atoms with Gasteiger partial charge in [-0.15, -0.1) is 0 Å². The normalized spacial score (nSPS) is 11.8. The molecule has 4 aromatic rings. The summed E-state index contributed by atoms with van der Waals surface area (Å²) in [5.74, 6) is -0.787. The molecular weight excluding hydrogens is 612 g/mol. The second kappa shape index (κ2) is 14.1. The molecule has 0 N–H and O–H groups in total. The lowest BCUT2D eigenvalue weighted by molar-refractivity contribution is -0.155. The topological polar surface area (TPSA) is 158 Å². The van der Waals surface area contributed by atoms with Gasteiger partial charge in [0.2, 0.25) is 0 Å². The zero-order valence-electron chi connectivity index (χ0n) is 27.4. The molecule has 0 saturated carbocycles. The highest BCUT2D eigenvalue weighted by Crippen LogP contribution is 2.27. The number of ether oxygens (including phenoxy) is 5. The molecule has 47 heavy (non-hydrogen) atoms. The Kier molecular flexibility index (Phi) is 10.4. The molecule has 12 nitrogen and oxygen atoms in total. The molecule has 0 unspecified atom stereocenters. The second-order valence-electron chi connectivity index (χ2n) is 12.9. The number of carbonyl (C=O) groups is 3. The second-order valence-corrected chi connectivity index (χ2v) is 12.9. The molecule has 0 bridgehead atoms. The van der Waals surface area contributed by atoms with Crippen LogP contribution in [0.5, 0.6) is 11.5 Å². The van der Waals surface area contributed by atoms with Crippen molar-refractivity contribution in [3.63, 3.8) is 0 Å². The zero-order chi connectivity index (χ0) is 34.5. The van der Waals surface area contributed by atoms with E-state index in [-0.39, 0.29) is 71.4 Å². The Morgan fingerprint density at radius 2 is 1.09 bits per heavy atom. The van der Waals surface area contributed by atoms with E-state index in [4.69, 9.17) is 32.5 Å². The van der Waals surface area contributed by atoms with Crippen LogP contribution in [0.2, 0.25) is 0 Å². The third kappa shape index (κ3) is 8.99. The smallest absolute Gasteiger partial charge is 0.311 e. The van der Waals surface area contributed by atoms with Crippen molar-refractivity contribution < 1.29 is 46.9 Å². The fourth-order valence-electron chi connectivity index (χ4n) is 4.26. The van der Waals surface area contributed by atoms with Gasteiger partial charge in [-0.2, -0.15) is 0 Å². The van der Waals surface area contributed by atoms with Gasteiger partial charge in [0.25, 0.3) is 0 Å². The number of rotatable bonds is 11. The lowest BCUT2D eigenvalue weighted by Crippen LogP contribution is -2.30. The van der Waals surface area contributed by atoms with Crippen LogP contribution < -0.4 is 20.3 Å². The van der Waals surface area contributed by atoms with Crippen molar-refractivity contribution >= 4 is 39.8 Å². The highest BCUT2D eigenvalue weighted by Gasteiger charge is 2.25. The molecule has 2 heterocycles. The van der Waals surface area contributed by atoms with Crippen LogP contribution in [0.3, 0.4) is 0 Å². The van der Waals surface area contributed by atoms with E-state index < -0.39 is 45.7 Å². The molecule has 0 atom stereocenters. The van der Waals surface area contributed by atoms with Crippen molar-refractivity contribution in [2.75, 3.05) is 13.2 Å². The average molecular weight is 651 g/mol. The van der Waals surface area contributed by atoms with E-state index in [0.717, 1.165) is 0 Å². The van der Waals surface area contributed by atoms with Gasteiger partial charge >= 0.3 is 17.9 Å². The minimum Gasteiger partial charge on any atom is -0.489 e. The summed E-state index contributed by atoms with van der Waals surface area (Å²) in [6, 6.07) is 12.0. The van der Waals surface area contributed by atoms with Gasteiger partial charge in [0.1, 0.15) is 71.4 Å². The highest BCUT2D eigenvalue weighted by molar-refractivity contribution is 5.84. The highest BCUT2D eigenvalue weighted by atomic mass is 16.6. The van der Waals surface area contributed by atoms with Gasteiger partial charge in [-0.3, -0.25) is 24.0 Å². The maximum absolute atomic E-state index is 13.0. The van der Waals surface area contributed by atoms with E-state index in [1.54, 1.807) is 77.9 Å². The summed E-state index contributed by atoms with van der Waals surface area (Å²) in [5, 5.41) is 0.299. The number of carbonyl (C=O) groups excluding carboxylic acids is 3. The van der Waals surface area contributed by atoms with Crippen LogP contribution in [-0.2, 0) is 41.8 Å². The Balaban J connectivity index is 1.48. The van der Waals surface area contributed by atoms with E-state index in [9.17, 15) is 24.0 Å². The van der Waals surface area contributed by atoms with E-state index in [1.807, 2.05) is 0 Å². The summed E-state index contributed by atoms with van der Waals surface area (Å²) in [7, 11) is 0. The lowest BCUT2D eigenvalue weighted by atomic mass is 9.97. The standard InChI is InChI=1S/C35H38O12/c1-20(36)45-23(18-41-26-10-8-12-28-30(26)24(37)14-21(46-28)16-43-32(39)34(2,3)4)19-42-27-11-9-13-29-31(27)25(38)15-22(47-29)17-44-33(40)35(5,6)7/h8-15,23H,16-19H2,1-7H3. The van der Waals surface area contributed by atoms with Gasteiger partial charge in [0.05, 0.1) is 10.8 Å². The number of esters is 3. The molecule has 4 rings (SSSR count). The fourth-order valence-corrected chi connectivity index (χ4v) is 4.26. The van der Waals surface area contributed by atoms with Crippen LogP contribution in [0.1, 0.15) is 60.0 Å². The fraction of sp³-hybridized carbons (Fsp3) is 0.400. The third-order valence-corrected chi connectivity index (χ3v) is 6.63. The number of hydrogen-bond acceptors (Lipinski definition) is 12. The molecule has 0 aliphatic rings. The zero-order valence-corrected chi connectivity index (χ0v) is 27.4. The summed E-state index contributed by atoms with van der Waals surface area (Å²) in [6.07, 6.45) is -0.940. The molecule has 2 aromatic carbocycles. The van der Waals surface area contributed by atoms with Gasteiger partial charge in [-0.25, -0.2) is 0 Å².